The minimum Gasteiger partial charge on any atom is -0.480 e. The van der Waals surface area contributed by atoms with Gasteiger partial charge in [-0.1, -0.05) is 0 Å². The van der Waals surface area contributed by atoms with Crippen LogP contribution in [0.25, 0.3) is 11.4 Å². The highest BCUT2D eigenvalue weighted by Crippen LogP contribution is 2.44. The largest absolute Gasteiger partial charge is 0.480 e. The molecule has 1 aliphatic carbocycles. The van der Waals surface area contributed by atoms with Crippen molar-refractivity contribution in [3.63, 3.8) is 0 Å². The summed E-state index contributed by atoms with van der Waals surface area (Å²) in [5.41, 5.74) is 7.90. The minimum absolute atomic E-state index is 0.262. The van der Waals surface area contributed by atoms with Crippen molar-refractivity contribution in [2.75, 3.05) is 12.8 Å². The van der Waals surface area contributed by atoms with Crippen LogP contribution in [0.5, 0.6) is 5.88 Å². The Kier molecular flexibility index (Phi) is 3.02. The molecular formula is C13H14N6O. The number of nitrogen functional groups attached to an aromatic ring is 1. The van der Waals surface area contributed by atoms with Crippen LogP contribution in [0.3, 0.4) is 0 Å². The maximum absolute atomic E-state index is 7.22. The van der Waals surface area contributed by atoms with E-state index in [1.165, 1.54) is 12.5 Å². The van der Waals surface area contributed by atoms with Gasteiger partial charge in [-0.15, -0.1) is 0 Å². The van der Waals surface area contributed by atoms with Gasteiger partial charge in [0.25, 0.3) is 0 Å². The Morgan fingerprint density at radius 2 is 2.15 bits per heavy atom. The molecule has 0 bridgehead atoms. The number of nitrogens with one attached hydrogen (secondary N) is 1. The molecule has 0 spiro atoms. The van der Waals surface area contributed by atoms with E-state index in [0.717, 1.165) is 24.8 Å². The number of rotatable bonds is 4. The van der Waals surface area contributed by atoms with Gasteiger partial charge in [-0.05, 0) is 12.8 Å². The van der Waals surface area contributed by atoms with E-state index in [1.807, 2.05) is 0 Å². The van der Waals surface area contributed by atoms with Crippen molar-refractivity contribution < 1.29 is 4.74 Å². The number of nitrogens with zero attached hydrogens (tertiary/aromatic N) is 4. The zero-order valence-electron chi connectivity index (χ0n) is 11.0. The van der Waals surface area contributed by atoms with Crippen LogP contribution in [-0.4, -0.2) is 33.3 Å². The molecule has 102 valence electrons. The van der Waals surface area contributed by atoms with Crippen molar-refractivity contribution in [1.82, 2.24) is 19.9 Å². The Morgan fingerprint density at radius 1 is 1.35 bits per heavy atom. The highest BCUT2D eigenvalue weighted by molar-refractivity contribution is 5.83. The fourth-order valence-electron chi connectivity index (χ4n) is 2.05. The first-order valence-corrected chi connectivity index (χ1v) is 6.26. The van der Waals surface area contributed by atoms with E-state index in [2.05, 4.69) is 19.9 Å². The molecule has 7 nitrogen and oxygen atoms in total. The molecule has 1 fully saturated rings. The average Bonchev–Trinajstić information content (AvgIpc) is 3.31. The summed E-state index contributed by atoms with van der Waals surface area (Å²) in [6, 6.07) is 0. The second-order valence-electron chi connectivity index (χ2n) is 4.60. The first-order valence-electron chi connectivity index (χ1n) is 6.26. The quantitative estimate of drug-likeness (QED) is 0.812. The zero-order chi connectivity index (χ0) is 14.1. The summed E-state index contributed by atoms with van der Waals surface area (Å²) in [6.07, 6.45) is 6.33. The summed E-state index contributed by atoms with van der Waals surface area (Å²) in [5, 5.41) is 7.22. The van der Waals surface area contributed by atoms with E-state index in [0.29, 0.717) is 28.7 Å². The third-order valence-corrected chi connectivity index (χ3v) is 3.23. The third-order valence-electron chi connectivity index (χ3n) is 3.23. The van der Waals surface area contributed by atoms with Crippen molar-refractivity contribution in [3.05, 3.63) is 23.8 Å². The summed E-state index contributed by atoms with van der Waals surface area (Å²) in [7, 11) is 1.55. The van der Waals surface area contributed by atoms with Crippen LogP contribution in [-0.2, 0) is 0 Å². The van der Waals surface area contributed by atoms with Crippen LogP contribution >= 0.6 is 0 Å². The van der Waals surface area contributed by atoms with E-state index in [9.17, 15) is 0 Å². The van der Waals surface area contributed by atoms with Crippen LogP contribution in [0.2, 0.25) is 0 Å². The summed E-state index contributed by atoms with van der Waals surface area (Å²) in [4.78, 5) is 17.0. The SMILES string of the molecule is COc1ncnc(C2CC2)c1-c1ncc(C=N)c(N)n1. The molecule has 0 unspecified atom stereocenters. The second kappa shape index (κ2) is 4.84. The van der Waals surface area contributed by atoms with Gasteiger partial charge in [0.05, 0.1) is 18.4 Å². The Balaban J connectivity index is 2.17. The molecule has 0 saturated heterocycles. The van der Waals surface area contributed by atoms with E-state index in [-0.39, 0.29) is 5.82 Å². The first kappa shape index (κ1) is 12.5. The van der Waals surface area contributed by atoms with Crippen molar-refractivity contribution >= 4 is 12.0 Å². The van der Waals surface area contributed by atoms with Crippen LogP contribution in [0, 0.1) is 5.41 Å². The predicted octanol–water partition coefficient (Wildman–Crippen LogP) is 1.40. The molecule has 0 radical (unpaired) electrons. The summed E-state index contributed by atoms with van der Waals surface area (Å²) < 4.78 is 5.30. The normalized spacial score (nSPS) is 14.1. The molecule has 20 heavy (non-hydrogen) atoms. The minimum atomic E-state index is 0.262. The van der Waals surface area contributed by atoms with Gasteiger partial charge in [-0.2, -0.15) is 0 Å². The van der Waals surface area contributed by atoms with Crippen LogP contribution in [0.15, 0.2) is 12.5 Å². The zero-order valence-corrected chi connectivity index (χ0v) is 11.0. The van der Waals surface area contributed by atoms with Gasteiger partial charge in [-0.25, -0.2) is 19.9 Å². The Labute approximate surface area is 115 Å². The number of anilines is 1. The van der Waals surface area contributed by atoms with E-state index in [1.54, 1.807) is 7.11 Å². The molecule has 2 aromatic heterocycles. The lowest BCUT2D eigenvalue weighted by Gasteiger charge is -2.11. The van der Waals surface area contributed by atoms with Gasteiger partial charge >= 0.3 is 0 Å². The maximum Gasteiger partial charge on any atom is 0.227 e. The van der Waals surface area contributed by atoms with Gasteiger partial charge in [0.1, 0.15) is 17.7 Å². The Hall–Kier alpha value is -2.57. The molecule has 3 rings (SSSR count). The number of nitrogens with two attached hydrogens (primary N) is 1. The van der Waals surface area contributed by atoms with Crippen LogP contribution in [0.1, 0.15) is 30.0 Å². The number of methoxy groups -OCH3 is 1. The lowest BCUT2D eigenvalue weighted by atomic mass is 10.1. The highest BCUT2D eigenvalue weighted by atomic mass is 16.5. The molecule has 2 aromatic rings. The van der Waals surface area contributed by atoms with Gasteiger partial charge in [-0.3, -0.25) is 0 Å². The molecule has 1 aliphatic rings. The lowest BCUT2D eigenvalue weighted by molar-refractivity contribution is 0.397. The molecule has 0 aromatic carbocycles. The van der Waals surface area contributed by atoms with Gasteiger partial charge < -0.3 is 15.9 Å². The van der Waals surface area contributed by atoms with Crippen molar-refractivity contribution in [2.45, 2.75) is 18.8 Å². The fourth-order valence-corrected chi connectivity index (χ4v) is 2.05. The summed E-state index contributed by atoms with van der Waals surface area (Å²) in [6.45, 7) is 0. The third kappa shape index (κ3) is 2.07. The van der Waals surface area contributed by atoms with Gasteiger partial charge in [0.15, 0.2) is 5.82 Å². The molecule has 0 atom stereocenters. The van der Waals surface area contributed by atoms with Crippen molar-refractivity contribution in [1.29, 1.82) is 5.41 Å². The predicted molar refractivity (Wildman–Crippen MR) is 73.9 cm³/mol. The van der Waals surface area contributed by atoms with Crippen LogP contribution < -0.4 is 10.5 Å². The Morgan fingerprint density at radius 3 is 2.75 bits per heavy atom. The highest BCUT2D eigenvalue weighted by Gasteiger charge is 2.31. The van der Waals surface area contributed by atoms with Gasteiger partial charge in [0.2, 0.25) is 5.88 Å². The smallest absolute Gasteiger partial charge is 0.227 e. The van der Waals surface area contributed by atoms with E-state index < -0.39 is 0 Å². The number of hydrogen-bond donors (Lipinski definition) is 2. The fraction of sp³-hybridized carbons (Fsp3) is 0.308. The van der Waals surface area contributed by atoms with Gasteiger partial charge in [0, 0.05) is 18.3 Å². The molecule has 2 heterocycles. The molecule has 0 aliphatic heterocycles. The van der Waals surface area contributed by atoms with E-state index >= 15 is 0 Å². The van der Waals surface area contributed by atoms with Crippen molar-refractivity contribution in [2.24, 2.45) is 0 Å². The topological polar surface area (TPSA) is 111 Å². The standard InChI is InChI=1S/C13H14N6O/c1-20-13-9(10(7-2-3-7)17-6-18-13)12-16-5-8(4-14)11(15)19-12/h4-7,14H,2-3H2,1H3,(H2,15,16,19). The molecule has 3 N–H and O–H groups in total. The van der Waals surface area contributed by atoms with E-state index in [4.69, 9.17) is 15.9 Å². The molecule has 0 amide bonds. The number of hydrogen-bond acceptors (Lipinski definition) is 7. The monoisotopic (exact) mass is 270 g/mol. The molecule has 7 heteroatoms. The van der Waals surface area contributed by atoms with Crippen LogP contribution in [0.4, 0.5) is 5.82 Å². The second-order valence-corrected chi connectivity index (χ2v) is 4.60. The Bertz CT molecular complexity index is 668. The summed E-state index contributed by atoms with van der Waals surface area (Å²) >= 11 is 0. The lowest BCUT2D eigenvalue weighted by Crippen LogP contribution is -2.05. The summed E-state index contributed by atoms with van der Waals surface area (Å²) in [5.74, 6) is 1.56. The number of aromatic nitrogens is 4. The maximum atomic E-state index is 7.22. The first-order chi connectivity index (χ1) is 9.74. The molecular weight excluding hydrogens is 256 g/mol. The van der Waals surface area contributed by atoms with Crippen molar-refractivity contribution in [3.8, 4) is 17.3 Å². The average molecular weight is 270 g/mol. The molecule has 1 saturated carbocycles. The number of ether oxygens (including phenoxy) is 1.